The number of nitrogens with one attached hydrogen (secondary N) is 1. The zero-order valence-electron chi connectivity index (χ0n) is 12.3. The van der Waals surface area contributed by atoms with E-state index >= 15 is 0 Å². The van der Waals surface area contributed by atoms with Crippen molar-refractivity contribution in [2.24, 2.45) is 23.2 Å². The average Bonchev–Trinajstić information content (AvgIpc) is 3.01. The zero-order valence-corrected chi connectivity index (χ0v) is 12.3. The maximum Gasteiger partial charge on any atom is 0.311 e. The molecule has 0 heterocycles. The number of rotatable bonds is 4. The highest BCUT2D eigenvalue weighted by Gasteiger charge is 2.56. The second-order valence-corrected chi connectivity index (χ2v) is 7.18. The Morgan fingerprint density at radius 2 is 1.53 bits per heavy atom. The van der Waals surface area contributed by atoms with Crippen LogP contribution in [0.3, 0.4) is 0 Å². The van der Waals surface area contributed by atoms with Gasteiger partial charge in [-0.05, 0) is 52.4 Å². The summed E-state index contributed by atoms with van der Waals surface area (Å²) in [6.07, 6.45) is 4.78. The lowest BCUT2D eigenvalue weighted by molar-refractivity contribution is -0.151. The fraction of sp³-hybridized carbons (Fsp3) is 0.867. The van der Waals surface area contributed by atoms with Gasteiger partial charge in [0.15, 0.2) is 0 Å². The van der Waals surface area contributed by atoms with Gasteiger partial charge in [0, 0.05) is 11.5 Å². The SMILES string of the molecule is CC(C)(NC(=O)C1C2CCCCC21)C(C)(C)C(=O)O. The normalized spacial score (nSPS) is 30.4. The number of fused-ring (bicyclic) bond motifs is 1. The van der Waals surface area contributed by atoms with Crippen molar-refractivity contribution in [2.45, 2.75) is 58.9 Å². The summed E-state index contributed by atoms with van der Waals surface area (Å²) >= 11 is 0. The third-order valence-electron chi connectivity index (χ3n) is 5.49. The molecule has 2 fully saturated rings. The Labute approximate surface area is 115 Å². The first kappa shape index (κ1) is 14.4. The lowest BCUT2D eigenvalue weighted by atomic mass is 9.74. The predicted molar refractivity (Wildman–Crippen MR) is 72.6 cm³/mol. The molecule has 4 heteroatoms. The number of carbonyl (C=O) groups excluding carboxylic acids is 1. The summed E-state index contributed by atoms with van der Waals surface area (Å²) in [5.41, 5.74) is -1.73. The Kier molecular flexibility index (Phi) is 3.40. The summed E-state index contributed by atoms with van der Waals surface area (Å²) in [5.74, 6) is 0.406. The molecule has 2 aliphatic carbocycles. The van der Waals surface area contributed by atoms with E-state index in [1.165, 1.54) is 12.8 Å². The molecule has 0 aromatic rings. The quantitative estimate of drug-likeness (QED) is 0.822. The van der Waals surface area contributed by atoms with Gasteiger partial charge < -0.3 is 10.4 Å². The van der Waals surface area contributed by atoms with E-state index < -0.39 is 16.9 Å². The number of carboxylic acid groups (broad SMARTS) is 1. The molecule has 0 spiro atoms. The van der Waals surface area contributed by atoms with Gasteiger partial charge in [0.2, 0.25) is 5.91 Å². The van der Waals surface area contributed by atoms with Gasteiger partial charge in [-0.25, -0.2) is 0 Å². The third-order valence-corrected chi connectivity index (χ3v) is 5.49. The second-order valence-electron chi connectivity index (χ2n) is 7.18. The minimum Gasteiger partial charge on any atom is -0.481 e. The number of aliphatic carboxylic acids is 1. The van der Waals surface area contributed by atoms with Gasteiger partial charge >= 0.3 is 5.97 Å². The summed E-state index contributed by atoms with van der Waals surface area (Å²) in [6.45, 7) is 6.92. The maximum atomic E-state index is 12.4. The largest absolute Gasteiger partial charge is 0.481 e. The van der Waals surface area contributed by atoms with E-state index in [0.29, 0.717) is 11.8 Å². The van der Waals surface area contributed by atoms with E-state index in [-0.39, 0.29) is 11.8 Å². The number of carboxylic acids is 1. The number of carbonyl (C=O) groups is 2. The third kappa shape index (κ3) is 2.37. The van der Waals surface area contributed by atoms with E-state index in [1.54, 1.807) is 27.7 Å². The predicted octanol–water partition coefficient (Wildman–Crippen LogP) is 2.43. The van der Waals surface area contributed by atoms with Crippen molar-refractivity contribution >= 4 is 11.9 Å². The Morgan fingerprint density at radius 1 is 1.05 bits per heavy atom. The van der Waals surface area contributed by atoms with Crippen LogP contribution in [0, 0.1) is 23.2 Å². The van der Waals surface area contributed by atoms with Crippen LogP contribution >= 0.6 is 0 Å². The second kappa shape index (κ2) is 4.50. The Balaban J connectivity index is 2.01. The molecule has 0 aliphatic heterocycles. The summed E-state index contributed by atoms with van der Waals surface area (Å²) in [4.78, 5) is 23.7. The molecule has 1 amide bonds. The molecule has 2 rings (SSSR count). The van der Waals surface area contributed by atoms with Crippen LogP contribution in [0.4, 0.5) is 0 Å². The van der Waals surface area contributed by atoms with Crippen LogP contribution in [0.1, 0.15) is 53.4 Å². The van der Waals surface area contributed by atoms with Crippen LogP contribution in [-0.4, -0.2) is 22.5 Å². The smallest absolute Gasteiger partial charge is 0.311 e. The number of hydrogen-bond acceptors (Lipinski definition) is 2. The van der Waals surface area contributed by atoms with Gasteiger partial charge in [-0.2, -0.15) is 0 Å². The summed E-state index contributed by atoms with van der Waals surface area (Å²) < 4.78 is 0. The highest BCUT2D eigenvalue weighted by molar-refractivity contribution is 5.84. The molecular formula is C15H25NO3. The van der Waals surface area contributed by atoms with Crippen LogP contribution in [0.25, 0.3) is 0 Å². The molecule has 0 bridgehead atoms. The van der Waals surface area contributed by atoms with Gasteiger partial charge in [0.25, 0.3) is 0 Å². The van der Waals surface area contributed by atoms with Crippen molar-refractivity contribution in [3.05, 3.63) is 0 Å². The standard InChI is InChI=1S/C15H25NO3/c1-14(2,13(18)19)15(3,4)16-12(17)11-9-7-5-6-8-10(9)11/h9-11H,5-8H2,1-4H3,(H,16,17)(H,18,19). The Morgan fingerprint density at radius 3 is 1.95 bits per heavy atom. The lowest BCUT2D eigenvalue weighted by Gasteiger charge is -2.39. The minimum absolute atomic E-state index is 0.0521. The molecule has 0 radical (unpaired) electrons. The molecular weight excluding hydrogens is 242 g/mol. The van der Waals surface area contributed by atoms with Crippen molar-refractivity contribution in [2.75, 3.05) is 0 Å². The molecule has 19 heavy (non-hydrogen) atoms. The highest BCUT2D eigenvalue weighted by Crippen LogP contribution is 2.55. The van der Waals surface area contributed by atoms with Crippen molar-refractivity contribution in [1.29, 1.82) is 0 Å². The number of amides is 1. The van der Waals surface area contributed by atoms with Crippen LogP contribution in [0.15, 0.2) is 0 Å². The Bertz CT molecular complexity index is 388. The molecule has 0 aromatic carbocycles. The van der Waals surface area contributed by atoms with Crippen molar-refractivity contribution in [1.82, 2.24) is 5.32 Å². The molecule has 0 aromatic heterocycles. The van der Waals surface area contributed by atoms with Gasteiger partial charge in [-0.15, -0.1) is 0 Å². The zero-order chi connectivity index (χ0) is 14.4. The van der Waals surface area contributed by atoms with Crippen LogP contribution in [0.5, 0.6) is 0 Å². The lowest BCUT2D eigenvalue weighted by Crippen LogP contribution is -2.57. The fourth-order valence-corrected chi connectivity index (χ4v) is 3.20. The first-order chi connectivity index (χ1) is 8.68. The summed E-state index contributed by atoms with van der Waals surface area (Å²) in [7, 11) is 0. The van der Waals surface area contributed by atoms with Crippen molar-refractivity contribution in [3.8, 4) is 0 Å². The topological polar surface area (TPSA) is 66.4 Å². The van der Waals surface area contributed by atoms with Gasteiger partial charge in [-0.1, -0.05) is 12.8 Å². The average molecular weight is 267 g/mol. The first-order valence-electron chi connectivity index (χ1n) is 7.24. The van der Waals surface area contributed by atoms with E-state index in [0.717, 1.165) is 12.8 Å². The van der Waals surface area contributed by atoms with E-state index in [2.05, 4.69) is 5.32 Å². The van der Waals surface area contributed by atoms with Crippen molar-refractivity contribution in [3.63, 3.8) is 0 Å². The molecule has 2 atom stereocenters. The molecule has 2 saturated carbocycles. The van der Waals surface area contributed by atoms with E-state index in [1.807, 2.05) is 0 Å². The maximum absolute atomic E-state index is 12.4. The molecule has 2 N–H and O–H groups in total. The van der Waals surface area contributed by atoms with E-state index in [4.69, 9.17) is 0 Å². The van der Waals surface area contributed by atoms with Crippen LogP contribution in [-0.2, 0) is 9.59 Å². The molecule has 2 aliphatic rings. The summed E-state index contributed by atoms with van der Waals surface area (Å²) in [6, 6.07) is 0. The fourth-order valence-electron chi connectivity index (χ4n) is 3.20. The first-order valence-corrected chi connectivity index (χ1v) is 7.24. The van der Waals surface area contributed by atoms with Crippen molar-refractivity contribution < 1.29 is 14.7 Å². The monoisotopic (exact) mass is 267 g/mol. The van der Waals surface area contributed by atoms with Gasteiger partial charge in [0.1, 0.15) is 0 Å². The number of hydrogen-bond donors (Lipinski definition) is 2. The minimum atomic E-state index is -0.983. The summed E-state index contributed by atoms with van der Waals surface area (Å²) in [5, 5.41) is 12.3. The Hall–Kier alpha value is -1.06. The molecule has 108 valence electrons. The molecule has 2 unspecified atom stereocenters. The van der Waals surface area contributed by atoms with Gasteiger partial charge in [-0.3, -0.25) is 9.59 Å². The highest BCUT2D eigenvalue weighted by atomic mass is 16.4. The molecule has 0 saturated heterocycles. The van der Waals surface area contributed by atoms with Crippen LogP contribution < -0.4 is 5.32 Å². The molecule has 4 nitrogen and oxygen atoms in total. The van der Waals surface area contributed by atoms with E-state index in [9.17, 15) is 14.7 Å². The van der Waals surface area contributed by atoms with Crippen LogP contribution in [0.2, 0.25) is 0 Å². The van der Waals surface area contributed by atoms with Gasteiger partial charge in [0.05, 0.1) is 5.41 Å².